The summed E-state index contributed by atoms with van der Waals surface area (Å²) in [6.45, 7) is 9.72. The lowest BCUT2D eigenvalue weighted by atomic mass is 9.91. The highest BCUT2D eigenvalue weighted by atomic mass is 16.5. The van der Waals surface area contributed by atoms with E-state index < -0.39 is 0 Å². The van der Waals surface area contributed by atoms with E-state index in [1.54, 1.807) is 19.5 Å². The van der Waals surface area contributed by atoms with Gasteiger partial charge in [-0.2, -0.15) is 0 Å². The van der Waals surface area contributed by atoms with Crippen molar-refractivity contribution in [2.24, 2.45) is 0 Å². The first-order valence-electron chi connectivity index (χ1n) is 8.47. The predicted molar refractivity (Wildman–Crippen MR) is 90.5 cm³/mol. The Bertz CT molecular complexity index is 528. The second-order valence-electron chi connectivity index (χ2n) is 7.51. The quantitative estimate of drug-likeness (QED) is 0.836. The van der Waals surface area contributed by atoms with Crippen LogP contribution >= 0.6 is 0 Å². The summed E-state index contributed by atoms with van der Waals surface area (Å²) in [5, 5.41) is 0. The highest BCUT2D eigenvalue weighted by Gasteiger charge is 2.43. The minimum atomic E-state index is -0.177. The van der Waals surface area contributed by atoms with E-state index in [0.29, 0.717) is 12.2 Å². The summed E-state index contributed by atoms with van der Waals surface area (Å²) in [7, 11) is 1.71. The number of ether oxygens (including phenoxy) is 1. The Morgan fingerprint density at radius 2 is 2.00 bits per heavy atom. The van der Waals surface area contributed by atoms with Gasteiger partial charge in [-0.1, -0.05) is 34.1 Å². The molecule has 1 aliphatic heterocycles. The van der Waals surface area contributed by atoms with Gasteiger partial charge in [-0.25, -0.2) is 9.97 Å². The highest BCUT2D eigenvalue weighted by Crippen LogP contribution is 2.35. The Morgan fingerprint density at radius 1 is 1.35 bits per heavy atom. The smallest absolute Gasteiger partial charge is 0.257 e. The molecule has 2 heterocycles. The second kappa shape index (κ2) is 6.95. The molecule has 5 nitrogen and oxygen atoms in total. The first-order chi connectivity index (χ1) is 10.8. The van der Waals surface area contributed by atoms with Crippen LogP contribution < -0.4 is 0 Å². The molecule has 2 rings (SSSR count). The Balaban J connectivity index is 2.24. The molecule has 1 aromatic heterocycles. The van der Waals surface area contributed by atoms with Gasteiger partial charge in [0.05, 0.1) is 17.7 Å². The summed E-state index contributed by atoms with van der Waals surface area (Å²) in [6, 6.07) is 0. The Labute approximate surface area is 139 Å². The number of likely N-dealkylation sites (tertiary alicyclic amines) is 1. The van der Waals surface area contributed by atoms with Crippen LogP contribution in [0.15, 0.2) is 12.4 Å². The van der Waals surface area contributed by atoms with Crippen molar-refractivity contribution in [2.75, 3.05) is 20.3 Å². The molecule has 128 valence electrons. The van der Waals surface area contributed by atoms with E-state index in [1.165, 1.54) is 0 Å². The first kappa shape index (κ1) is 17.9. The van der Waals surface area contributed by atoms with E-state index in [2.05, 4.69) is 37.7 Å². The fraction of sp³-hybridized carbons (Fsp3) is 0.722. The zero-order chi connectivity index (χ0) is 17.1. The van der Waals surface area contributed by atoms with Crippen molar-refractivity contribution in [1.29, 1.82) is 0 Å². The van der Waals surface area contributed by atoms with Crippen LogP contribution in [0, 0.1) is 0 Å². The van der Waals surface area contributed by atoms with E-state index in [9.17, 15) is 4.79 Å². The molecule has 0 aromatic carbocycles. The van der Waals surface area contributed by atoms with Crippen molar-refractivity contribution in [2.45, 2.75) is 64.3 Å². The van der Waals surface area contributed by atoms with Crippen LogP contribution in [0.25, 0.3) is 0 Å². The third-order valence-corrected chi connectivity index (χ3v) is 4.54. The molecule has 1 atom stereocenters. The van der Waals surface area contributed by atoms with Crippen LogP contribution in [-0.4, -0.2) is 46.6 Å². The van der Waals surface area contributed by atoms with Crippen LogP contribution in [0.5, 0.6) is 0 Å². The van der Waals surface area contributed by atoms with Gasteiger partial charge in [0.1, 0.15) is 5.82 Å². The van der Waals surface area contributed by atoms with E-state index >= 15 is 0 Å². The number of hydrogen-bond donors (Lipinski definition) is 0. The zero-order valence-corrected chi connectivity index (χ0v) is 15.1. The summed E-state index contributed by atoms with van der Waals surface area (Å²) < 4.78 is 5.44. The van der Waals surface area contributed by atoms with E-state index in [0.717, 1.165) is 38.1 Å². The van der Waals surface area contributed by atoms with E-state index in [-0.39, 0.29) is 16.9 Å². The molecule has 1 aromatic rings. The molecule has 0 saturated carbocycles. The van der Waals surface area contributed by atoms with Gasteiger partial charge in [-0.3, -0.25) is 4.79 Å². The summed E-state index contributed by atoms with van der Waals surface area (Å²) in [5.74, 6) is 0.778. The first-order valence-corrected chi connectivity index (χ1v) is 8.47. The SMILES string of the molecule is CCCC1(COC)CCCN1C(=O)c1cnc(C(C)(C)C)nc1. The van der Waals surface area contributed by atoms with Gasteiger partial charge in [-0.15, -0.1) is 0 Å². The standard InChI is InChI=1S/C18H29N3O2/c1-6-8-18(13-23-5)9-7-10-21(18)15(22)14-11-19-16(20-12-14)17(2,3)4/h11-12H,6-10,13H2,1-5H3. The van der Waals surface area contributed by atoms with Gasteiger partial charge < -0.3 is 9.64 Å². The van der Waals surface area contributed by atoms with Crippen molar-refractivity contribution in [1.82, 2.24) is 14.9 Å². The predicted octanol–water partition coefficient (Wildman–Crippen LogP) is 3.20. The topological polar surface area (TPSA) is 55.3 Å². The van der Waals surface area contributed by atoms with Gasteiger partial charge in [0.15, 0.2) is 0 Å². The largest absolute Gasteiger partial charge is 0.382 e. The third kappa shape index (κ3) is 3.71. The maximum Gasteiger partial charge on any atom is 0.257 e. The maximum absolute atomic E-state index is 13.0. The van der Waals surface area contributed by atoms with Gasteiger partial charge in [0.2, 0.25) is 0 Å². The fourth-order valence-electron chi connectivity index (χ4n) is 3.45. The average Bonchev–Trinajstić information content (AvgIpc) is 2.90. The molecule has 23 heavy (non-hydrogen) atoms. The lowest BCUT2D eigenvalue weighted by molar-refractivity contribution is 0.0253. The van der Waals surface area contributed by atoms with Gasteiger partial charge in [0.25, 0.3) is 5.91 Å². The lowest BCUT2D eigenvalue weighted by Crippen LogP contribution is -2.50. The molecule has 0 aliphatic carbocycles. The Kier molecular flexibility index (Phi) is 5.40. The number of hydrogen-bond acceptors (Lipinski definition) is 4. The monoisotopic (exact) mass is 319 g/mol. The lowest BCUT2D eigenvalue weighted by Gasteiger charge is -2.38. The summed E-state index contributed by atoms with van der Waals surface area (Å²) in [6.07, 6.45) is 7.35. The summed E-state index contributed by atoms with van der Waals surface area (Å²) in [4.78, 5) is 23.7. The molecule has 1 unspecified atom stereocenters. The minimum absolute atomic E-state index is 0.0217. The van der Waals surface area contributed by atoms with Crippen molar-refractivity contribution in [3.8, 4) is 0 Å². The number of rotatable bonds is 5. The summed E-state index contributed by atoms with van der Waals surface area (Å²) >= 11 is 0. The molecule has 1 amide bonds. The molecule has 1 aliphatic rings. The molecular weight excluding hydrogens is 290 g/mol. The normalized spacial score (nSPS) is 21.7. The fourth-order valence-corrected chi connectivity index (χ4v) is 3.45. The van der Waals surface area contributed by atoms with Crippen molar-refractivity contribution < 1.29 is 9.53 Å². The molecule has 0 N–H and O–H groups in total. The van der Waals surface area contributed by atoms with Crippen LogP contribution in [0.3, 0.4) is 0 Å². The molecule has 1 fully saturated rings. The molecular formula is C18H29N3O2. The molecule has 0 bridgehead atoms. The average molecular weight is 319 g/mol. The Morgan fingerprint density at radius 3 is 2.52 bits per heavy atom. The number of nitrogens with zero attached hydrogens (tertiary/aromatic N) is 3. The number of methoxy groups -OCH3 is 1. The summed E-state index contributed by atoms with van der Waals surface area (Å²) in [5.41, 5.74) is 0.275. The molecule has 0 radical (unpaired) electrons. The number of aromatic nitrogens is 2. The van der Waals surface area contributed by atoms with Gasteiger partial charge >= 0.3 is 0 Å². The van der Waals surface area contributed by atoms with Gasteiger partial charge in [-0.05, 0) is 19.3 Å². The van der Waals surface area contributed by atoms with Crippen molar-refractivity contribution in [3.05, 3.63) is 23.8 Å². The molecule has 5 heteroatoms. The Hall–Kier alpha value is -1.49. The van der Waals surface area contributed by atoms with Crippen molar-refractivity contribution in [3.63, 3.8) is 0 Å². The van der Waals surface area contributed by atoms with Gasteiger partial charge in [0, 0.05) is 31.5 Å². The minimum Gasteiger partial charge on any atom is -0.382 e. The molecule has 0 spiro atoms. The number of carbonyl (C=O) groups excluding carboxylic acids is 1. The highest BCUT2D eigenvalue weighted by molar-refractivity contribution is 5.94. The maximum atomic E-state index is 13.0. The number of amides is 1. The number of carbonyl (C=O) groups is 1. The molecule has 1 saturated heterocycles. The van der Waals surface area contributed by atoms with Crippen LogP contribution in [0.1, 0.15) is 69.6 Å². The third-order valence-electron chi connectivity index (χ3n) is 4.54. The van der Waals surface area contributed by atoms with E-state index in [4.69, 9.17) is 4.74 Å². The zero-order valence-electron chi connectivity index (χ0n) is 15.1. The van der Waals surface area contributed by atoms with Crippen LogP contribution in [0.2, 0.25) is 0 Å². The van der Waals surface area contributed by atoms with Crippen LogP contribution in [-0.2, 0) is 10.2 Å². The second-order valence-corrected chi connectivity index (χ2v) is 7.51. The van der Waals surface area contributed by atoms with Crippen molar-refractivity contribution >= 4 is 5.91 Å². The van der Waals surface area contributed by atoms with Crippen LogP contribution in [0.4, 0.5) is 0 Å². The van der Waals surface area contributed by atoms with E-state index in [1.807, 2.05) is 4.90 Å².